The predicted molar refractivity (Wildman–Crippen MR) is 75.0 cm³/mol. The minimum Gasteiger partial charge on any atom is -0.476 e. The van der Waals surface area contributed by atoms with Gasteiger partial charge in [-0.2, -0.15) is 0 Å². The van der Waals surface area contributed by atoms with Gasteiger partial charge in [-0.15, -0.1) is 0 Å². The summed E-state index contributed by atoms with van der Waals surface area (Å²) in [5.74, 6) is -1.27. The van der Waals surface area contributed by atoms with Crippen LogP contribution in [0.4, 0.5) is 0 Å². The second kappa shape index (κ2) is 5.42. The van der Waals surface area contributed by atoms with Crippen LogP contribution in [-0.2, 0) is 0 Å². The monoisotopic (exact) mass is 289 g/mol. The lowest BCUT2D eigenvalue weighted by atomic mass is 9.73. The van der Waals surface area contributed by atoms with Crippen LogP contribution in [0.3, 0.4) is 0 Å². The third-order valence-electron chi connectivity index (χ3n) is 4.73. The number of amides is 1. The van der Waals surface area contributed by atoms with Gasteiger partial charge in [-0.3, -0.25) is 4.79 Å². The van der Waals surface area contributed by atoms with E-state index >= 15 is 0 Å². The molecular formula is C15H19N3O3. The summed E-state index contributed by atoms with van der Waals surface area (Å²) < 4.78 is 0. The molecule has 2 heterocycles. The molecule has 2 aliphatic rings. The molecule has 1 amide bonds. The van der Waals surface area contributed by atoms with E-state index in [1.54, 1.807) is 0 Å². The zero-order chi connectivity index (χ0) is 14.9. The Labute approximate surface area is 123 Å². The number of aromatic nitrogens is 2. The molecule has 0 unspecified atom stereocenters. The van der Waals surface area contributed by atoms with Gasteiger partial charge in [0.25, 0.3) is 5.91 Å². The van der Waals surface area contributed by atoms with Gasteiger partial charge in [0.05, 0.1) is 12.4 Å². The summed E-state index contributed by atoms with van der Waals surface area (Å²) in [6.07, 6.45) is 9.71. The second-order valence-corrected chi connectivity index (χ2v) is 6.13. The van der Waals surface area contributed by atoms with Crippen molar-refractivity contribution in [3.63, 3.8) is 0 Å². The standard InChI is InChI=1S/C15H19N3O3/c19-13(11-8-17-12(9-16-11)14(20)21)18-7-6-15(10-18)4-2-1-3-5-15/h8-9H,1-7,10H2,(H,20,21). The molecule has 1 spiro atoms. The van der Waals surface area contributed by atoms with E-state index in [1.807, 2.05) is 4.90 Å². The SMILES string of the molecule is O=C(O)c1cnc(C(=O)N2CCC3(CCCCC3)C2)cn1. The summed E-state index contributed by atoms with van der Waals surface area (Å²) in [6.45, 7) is 1.56. The van der Waals surface area contributed by atoms with Gasteiger partial charge in [0.2, 0.25) is 0 Å². The smallest absolute Gasteiger partial charge is 0.356 e. The van der Waals surface area contributed by atoms with Gasteiger partial charge in [-0.05, 0) is 24.7 Å². The van der Waals surface area contributed by atoms with Crippen molar-refractivity contribution < 1.29 is 14.7 Å². The number of aromatic carboxylic acids is 1. The molecule has 21 heavy (non-hydrogen) atoms. The Morgan fingerprint density at radius 2 is 1.71 bits per heavy atom. The van der Waals surface area contributed by atoms with Gasteiger partial charge in [0.15, 0.2) is 5.69 Å². The Hall–Kier alpha value is -1.98. The van der Waals surface area contributed by atoms with Crippen LogP contribution in [0.1, 0.15) is 59.5 Å². The maximum Gasteiger partial charge on any atom is 0.356 e. The fraction of sp³-hybridized carbons (Fsp3) is 0.600. The van der Waals surface area contributed by atoms with E-state index < -0.39 is 5.97 Å². The fourth-order valence-electron chi connectivity index (χ4n) is 3.53. The van der Waals surface area contributed by atoms with Gasteiger partial charge in [-0.25, -0.2) is 14.8 Å². The van der Waals surface area contributed by atoms with Crippen molar-refractivity contribution in [1.82, 2.24) is 14.9 Å². The lowest BCUT2D eigenvalue weighted by Gasteiger charge is -2.33. The van der Waals surface area contributed by atoms with Crippen LogP contribution >= 0.6 is 0 Å². The van der Waals surface area contributed by atoms with Gasteiger partial charge in [-0.1, -0.05) is 19.3 Å². The van der Waals surface area contributed by atoms with Crippen LogP contribution in [0.2, 0.25) is 0 Å². The third-order valence-corrected chi connectivity index (χ3v) is 4.73. The highest BCUT2D eigenvalue weighted by Crippen LogP contribution is 2.43. The Kier molecular flexibility index (Phi) is 3.61. The van der Waals surface area contributed by atoms with Crippen molar-refractivity contribution >= 4 is 11.9 Å². The molecule has 0 atom stereocenters. The summed E-state index contributed by atoms with van der Waals surface area (Å²) in [5, 5.41) is 8.79. The molecule has 1 saturated heterocycles. The van der Waals surface area contributed by atoms with E-state index in [-0.39, 0.29) is 17.3 Å². The first-order valence-electron chi connectivity index (χ1n) is 7.44. The molecule has 6 heteroatoms. The van der Waals surface area contributed by atoms with Crippen molar-refractivity contribution in [2.75, 3.05) is 13.1 Å². The first-order chi connectivity index (χ1) is 10.1. The molecule has 6 nitrogen and oxygen atoms in total. The Morgan fingerprint density at radius 1 is 1.05 bits per heavy atom. The minimum atomic E-state index is -1.14. The average molecular weight is 289 g/mol. The predicted octanol–water partition coefficient (Wildman–Crippen LogP) is 1.97. The first-order valence-corrected chi connectivity index (χ1v) is 7.44. The molecular weight excluding hydrogens is 270 g/mol. The molecule has 1 aliphatic carbocycles. The molecule has 0 aromatic carbocycles. The van der Waals surface area contributed by atoms with Crippen LogP contribution in [0, 0.1) is 5.41 Å². The molecule has 1 aromatic heterocycles. The number of carboxylic acid groups (broad SMARTS) is 1. The van der Waals surface area contributed by atoms with Gasteiger partial charge in [0, 0.05) is 13.1 Å². The zero-order valence-corrected chi connectivity index (χ0v) is 11.9. The highest BCUT2D eigenvalue weighted by Gasteiger charge is 2.40. The van der Waals surface area contributed by atoms with Crippen LogP contribution in [0.5, 0.6) is 0 Å². The summed E-state index contributed by atoms with van der Waals surface area (Å²) in [7, 11) is 0. The molecule has 1 N–H and O–H groups in total. The van der Waals surface area contributed by atoms with Crippen molar-refractivity contribution in [1.29, 1.82) is 0 Å². The lowest BCUT2D eigenvalue weighted by molar-refractivity contribution is 0.0686. The number of hydrogen-bond donors (Lipinski definition) is 1. The number of rotatable bonds is 2. The molecule has 2 fully saturated rings. The van der Waals surface area contributed by atoms with E-state index in [2.05, 4.69) is 9.97 Å². The summed E-state index contributed by atoms with van der Waals surface area (Å²) in [5.41, 5.74) is 0.395. The molecule has 3 rings (SSSR count). The van der Waals surface area contributed by atoms with Crippen LogP contribution < -0.4 is 0 Å². The molecule has 0 bridgehead atoms. The number of carbonyl (C=O) groups excluding carboxylic acids is 1. The Morgan fingerprint density at radius 3 is 2.33 bits per heavy atom. The lowest BCUT2D eigenvalue weighted by Crippen LogP contribution is -2.33. The highest BCUT2D eigenvalue weighted by atomic mass is 16.4. The van der Waals surface area contributed by atoms with E-state index in [1.165, 1.54) is 38.3 Å². The maximum atomic E-state index is 12.4. The molecule has 112 valence electrons. The zero-order valence-electron chi connectivity index (χ0n) is 11.9. The Bertz CT molecular complexity index is 550. The van der Waals surface area contributed by atoms with Crippen molar-refractivity contribution in [3.05, 3.63) is 23.8 Å². The van der Waals surface area contributed by atoms with E-state index in [4.69, 9.17) is 5.11 Å². The number of nitrogens with zero attached hydrogens (tertiary/aromatic N) is 3. The quantitative estimate of drug-likeness (QED) is 0.900. The maximum absolute atomic E-state index is 12.4. The van der Waals surface area contributed by atoms with Gasteiger partial charge < -0.3 is 10.0 Å². The number of carboxylic acids is 1. The highest BCUT2D eigenvalue weighted by molar-refractivity contribution is 5.93. The normalized spacial score (nSPS) is 20.7. The second-order valence-electron chi connectivity index (χ2n) is 6.13. The minimum absolute atomic E-state index is 0.137. The first kappa shape index (κ1) is 14.0. The number of carbonyl (C=O) groups is 2. The largest absolute Gasteiger partial charge is 0.476 e. The Balaban J connectivity index is 1.69. The van der Waals surface area contributed by atoms with Crippen molar-refractivity contribution in [2.24, 2.45) is 5.41 Å². The molecule has 0 radical (unpaired) electrons. The fourth-order valence-corrected chi connectivity index (χ4v) is 3.53. The topological polar surface area (TPSA) is 83.4 Å². The summed E-state index contributed by atoms with van der Waals surface area (Å²) >= 11 is 0. The summed E-state index contributed by atoms with van der Waals surface area (Å²) in [4.78, 5) is 32.7. The molecule has 1 saturated carbocycles. The molecule has 1 aliphatic heterocycles. The van der Waals surface area contributed by atoms with Gasteiger partial charge >= 0.3 is 5.97 Å². The van der Waals surface area contributed by atoms with Crippen LogP contribution in [0.25, 0.3) is 0 Å². The van der Waals surface area contributed by atoms with E-state index in [0.29, 0.717) is 5.41 Å². The molecule has 1 aromatic rings. The van der Waals surface area contributed by atoms with Crippen LogP contribution in [0.15, 0.2) is 12.4 Å². The number of likely N-dealkylation sites (tertiary alicyclic amines) is 1. The van der Waals surface area contributed by atoms with Crippen molar-refractivity contribution in [2.45, 2.75) is 38.5 Å². The van der Waals surface area contributed by atoms with Gasteiger partial charge in [0.1, 0.15) is 5.69 Å². The number of hydrogen-bond acceptors (Lipinski definition) is 4. The third kappa shape index (κ3) is 2.75. The van der Waals surface area contributed by atoms with Crippen LogP contribution in [-0.4, -0.2) is 44.9 Å². The average Bonchev–Trinajstić information content (AvgIpc) is 2.91. The van der Waals surface area contributed by atoms with E-state index in [9.17, 15) is 9.59 Å². The van der Waals surface area contributed by atoms with Crippen molar-refractivity contribution in [3.8, 4) is 0 Å². The van der Waals surface area contributed by atoms with E-state index in [0.717, 1.165) is 25.7 Å². The summed E-state index contributed by atoms with van der Waals surface area (Å²) in [6, 6.07) is 0.